The Balaban J connectivity index is 2.16. The zero-order valence-electron chi connectivity index (χ0n) is 14.9. The molecule has 0 aliphatic carbocycles. The Morgan fingerprint density at radius 3 is 1.52 bits per heavy atom. The van der Waals surface area contributed by atoms with E-state index in [2.05, 4.69) is 42.3 Å². The summed E-state index contributed by atoms with van der Waals surface area (Å²) in [6.07, 6.45) is 5.89. The van der Waals surface area contributed by atoms with Gasteiger partial charge in [-0.25, -0.2) is 0 Å². The van der Waals surface area contributed by atoms with Crippen LogP contribution in [0.25, 0.3) is 33.4 Å². The summed E-state index contributed by atoms with van der Waals surface area (Å²) in [6, 6.07) is 32.9. The number of anilines is 1. The SMILES string of the molecule is C#Cc1c(N)cc(-c2ccccc2)c(-c2ccccc2)c1-c1ccccc1. The van der Waals surface area contributed by atoms with Gasteiger partial charge in [0.1, 0.15) is 0 Å². The fourth-order valence-corrected chi connectivity index (χ4v) is 3.50. The van der Waals surface area contributed by atoms with E-state index >= 15 is 0 Å². The van der Waals surface area contributed by atoms with Crippen LogP contribution in [0.4, 0.5) is 5.69 Å². The standard InChI is InChI=1S/C26H19N/c1-2-22-24(27)18-23(19-12-6-3-7-13-19)26(21-16-10-5-11-17-21)25(22)20-14-8-4-9-15-20/h1,3-18H,27H2. The highest BCUT2D eigenvalue weighted by Crippen LogP contribution is 2.44. The van der Waals surface area contributed by atoms with Gasteiger partial charge in [0.15, 0.2) is 0 Å². The molecule has 0 unspecified atom stereocenters. The van der Waals surface area contributed by atoms with Gasteiger partial charge in [-0.3, -0.25) is 0 Å². The molecule has 0 saturated heterocycles. The van der Waals surface area contributed by atoms with Crippen LogP contribution in [0.1, 0.15) is 5.56 Å². The Kier molecular flexibility index (Phi) is 4.47. The van der Waals surface area contributed by atoms with E-state index in [4.69, 9.17) is 12.2 Å². The summed E-state index contributed by atoms with van der Waals surface area (Å²) in [5.41, 5.74) is 14.3. The van der Waals surface area contributed by atoms with Crippen LogP contribution >= 0.6 is 0 Å². The molecular formula is C26H19N. The van der Waals surface area contributed by atoms with E-state index < -0.39 is 0 Å². The molecule has 2 N–H and O–H groups in total. The average molecular weight is 345 g/mol. The lowest BCUT2D eigenvalue weighted by atomic mass is 9.84. The van der Waals surface area contributed by atoms with E-state index in [0.717, 1.165) is 38.9 Å². The summed E-state index contributed by atoms with van der Waals surface area (Å²) >= 11 is 0. The minimum absolute atomic E-state index is 0.620. The molecule has 4 aromatic carbocycles. The number of hydrogen-bond donors (Lipinski definition) is 1. The van der Waals surface area contributed by atoms with Crippen LogP contribution in [-0.2, 0) is 0 Å². The van der Waals surface area contributed by atoms with Crippen molar-refractivity contribution in [3.8, 4) is 45.7 Å². The number of hydrogen-bond acceptors (Lipinski definition) is 1. The van der Waals surface area contributed by atoms with Crippen LogP contribution in [0, 0.1) is 12.3 Å². The van der Waals surface area contributed by atoms with Gasteiger partial charge in [-0.1, -0.05) is 96.9 Å². The fraction of sp³-hybridized carbons (Fsp3) is 0. The minimum Gasteiger partial charge on any atom is -0.398 e. The molecule has 0 saturated carbocycles. The first-order valence-corrected chi connectivity index (χ1v) is 8.89. The van der Waals surface area contributed by atoms with Gasteiger partial charge >= 0.3 is 0 Å². The maximum Gasteiger partial charge on any atom is 0.0557 e. The van der Waals surface area contributed by atoms with Gasteiger partial charge in [0.2, 0.25) is 0 Å². The molecule has 0 bridgehead atoms. The van der Waals surface area contributed by atoms with Crippen molar-refractivity contribution in [2.24, 2.45) is 0 Å². The smallest absolute Gasteiger partial charge is 0.0557 e. The molecular weight excluding hydrogens is 326 g/mol. The second-order valence-corrected chi connectivity index (χ2v) is 6.38. The van der Waals surface area contributed by atoms with Crippen molar-refractivity contribution >= 4 is 5.69 Å². The first kappa shape index (κ1) is 16.7. The molecule has 4 rings (SSSR count). The molecule has 27 heavy (non-hydrogen) atoms. The van der Waals surface area contributed by atoms with Gasteiger partial charge in [0, 0.05) is 11.3 Å². The lowest BCUT2D eigenvalue weighted by Gasteiger charge is -2.20. The third-order valence-electron chi connectivity index (χ3n) is 4.71. The highest BCUT2D eigenvalue weighted by molar-refractivity contribution is 6.00. The normalized spacial score (nSPS) is 10.3. The second-order valence-electron chi connectivity index (χ2n) is 6.38. The number of nitrogens with two attached hydrogens (primary N) is 1. The van der Waals surface area contributed by atoms with Gasteiger partial charge in [-0.2, -0.15) is 0 Å². The van der Waals surface area contributed by atoms with Crippen LogP contribution < -0.4 is 5.73 Å². The number of rotatable bonds is 3. The van der Waals surface area contributed by atoms with E-state index in [9.17, 15) is 0 Å². The van der Waals surface area contributed by atoms with Gasteiger partial charge in [-0.05, 0) is 33.9 Å². The molecule has 0 fully saturated rings. The molecule has 0 atom stereocenters. The minimum atomic E-state index is 0.620. The summed E-state index contributed by atoms with van der Waals surface area (Å²) in [7, 11) is 0. The maximum absolute atomic E-state index is 6.41. The highest BCUT2D eigenvalue weighted by Gasteiger charge is 2.19. The Morgan fingerprint density at radius 1 is 0.593 bits per heavy atom. The van der Waals surface area contributed by atoms with E-state index in [1.165, 1.54) is 0 Å². The van der Waals surface area contributed by atoms with Crippen molar-refractivity contribution in [1.82, 2.24) is 0 Å². The predicted molar refractivity (Wildman–Crippen MR) is 115 cm³/mol. The van der Waals surface area contributed by atoms with Crippen LogP contribution in [0.2, 0.25) is 0 Å². The first-order valence-electron chi connectivity index (χ1n) is 8.89. The lowest BCUT2D eigenvalue weighted by molar-refractivity contribution is 1.53. The number of terminal acetylenes is 1. The summed E-state index contributed by atoms with van der Waals surface area (Å²) in [5, 5.41) is 0. The third-order valence-corrected chi connectivity index (χ3v) is 4.71. The monoisotopic (exact) mass is 345 g/mol. The van der Waals surface area contributed by atoms with Gasteiger partial charge in [0.05, 0.1) is 5.56 Å². The summed E-state index contributed by atoms with van der Waals surface area (Å²) < 4.78 is 0. The molecule has 0 aromatic heterocycles. The Labute approximate surface area is 160 Å². The van der Waals surface area contributed by atoms with E-state index in [0.29, 0.717) is 5.69 Å². The lowest BCUT2D eigenvalue weighted by Crippen LogP contribution is -1.99. The largest absolute Gasteiger partial charge is 0.398 e. The van der Waals surface area contributed by atoms with Gasteiger partial charge < -0.3 is 5.73 Å². The molecule has 128 valence electrons. The number of nitrogen functional groups attached to an aromatic ring is 1. The summed E-state index contributed by atoms with van der Waals surface area (Å²) in [4.78, 5) is 0. The quantitative estimate of drug-likeness (QED) is 0.344. The van der Waals surface area contributed by atoms with Crippen molar-refractivity contribution < 1.29 is 0 Å². The van der Waals surface area contributed by atoms with Crippen LogP contribution in [0.5, 0.6) is 0 Å². The Morgan fingerprint density at radius 2 is 1.04 bits per heavy atom. The van der Waals surface area contributed by atoms with Crippen molar-refractivity contribution in [1.29, 1.82) is 0 Å². The molecule has 0 spiro atoms. The van der Waals surface area contributed by atoms with Gasteiger partial charge in [0.25, 0.3) is 0 Å². The van der Waals surface area contributed by atoms with Crippen LogP contribution in [-0.4, -0.2) is 0 Å². The maximum atomic E-state index is 6.41. The molecule has 1 heteroatoms. The van der Waals surface area contributed by atoms with Crippen molar-refractivity contribution in [3.63, 3.8) is 0 Å². The van der Waals surface area contributed by atoms with E-state index in [1.807, 2.05) is 60.7 Å². The summed E-state index contributed by atoms with van der Waals surface area (Å²) in [5.74, 6) is 2.83. The van der Waals surface area contributed by atoms with Crippen molar-refractivity contribution in [3.05, 3.63) is 103 Å². The Hall–Kier alpha value is -3.76. The topological polar surface area (TPSA) is 26.0 Å². The Bertz CT molecular complexity index is 1110. The molecule has 0 aliphatic heterocycles. The molecule has 1 nitrogen and oxygen atoms in total. The zero-order valence-corrected chi connectivity index (χ0v) is 14.9. The fourth-order valence-electron chi connectivity index (χ4n) is 3.50. The number of benzene rings is 4. The van der Waals surface area contributed by atoms with Crippen LogP contribution in [0.3, 0.4) is 0 Å². The first-order chi connectivity index (χ1) is 13.3. The average Bonchev–Trinajstić information content (AvgIpc) is 2.75. The summed E-state index contributed by atoms with van der Waals surface area (Å²) in [6.45, 7) is 0. The molecule has 0 aliphatic rings. The molecule has 0 heterocycles. The van der Waals surface area contributed by atoms with Crippen LogP contribution in [0.15, 0.2) is 97.1 Å². The molecule has 0 radical (unpaired) electrons. The van der Waals surface area contributed by atoms with Crippen molar-refractivity contribution in [2.75, 3.05) is 5.73 Å². The van der Waals surface area contributed by atoms with E-state index in [1.54, 1.807) is 0 Å². The zero-order chi connectivity index (χ0) is 18.6. The predicted octanol–water partition coefficient (Wildman–Crippen LogP) is 6.25. The molecule has 4 aromatic rings. The second kappa shape index (κ2) is 7.23. The van der Waals surface area contributed by atoms with E-state index in [-0.39, 0.29) is 0 Å². The van der Waals surface area contributed by atoms with Crippen molar-refractivity contribution in [2.45, 2.75) is 0 Å². The third kappa shape index (κ3) is 3.10. The highest BCUT2D eigenvalue weighted by atomic mass is 14.6. The molecule has 0 amide bonds. The van der Waals surface area contributed by atoms with Gasteiger partial charge in [-0.15, -0.1) is 6.42 Å².